The average molecular weight is 358 g/mol. The highest BCUT2D eigenvalue weighted by Gasteiger charge is 2.18. The van der Waals surface area contributed by atoms with E-state index in [4.69, 9.17) is 4.74 Å². The van der Waals surface area contributed by atoms with Gasteiger partial charge in [0.1, 0.15) is 5.75 Å². The number of esters is 1. The number of benzene rings is 3. The Hall–Kier alpha value is -2.87. The van der Waals surface area contributed by atoms with Crippen LogP contribution in [0.1, 0.15) is 31.7 Å². The van der Waals surface area contributed by atoms with Gasteiger partial charge in [0, 0.05) is 0 Å². The predicted octanol–water partition coefficient (Wildman–Crippen LogP) is 6.31. The third-order valence-corrected chi connectivity index (χ3v) is 4.85. The molecule has 1 unspecified atom stereocenters. The number of carbonyl (C=O) groups excluding carboxylic acids is 1. The topological polar surface area (TPSA) is 26.3 Å². The Labute approximate surface area is 161 Å². The molecule has 0 aliphatic carbocycles. The van der Waals surface area contributed by atoms with Crippen LogP contribution in [0.5, 0.6) is 5.75 Å². The molecule has 0 amide bonds. The molecular weight excluding hydrogens is 332 g/mol. The van der Waals surface area contributed by atoms with Crippen LogP contribution in [-0.2, 0) is 11.2 Å². The first-order chi connectivity index (χ1) is 13.3. The Balaban J connectivity index is 1.58. The van der Waals surface area contributed by atoms with Crippen LogP contribution in [-0.4, -0.2) is 5.97 Å². The van der Waals surface area contributed by atoms with Crippen LogP contribution in [0.3, 0.4) is 0 Å². The molecule has 3 rings (SSSR count). The Bertz CT molecular complexity index is 840. The summed E-state index contributed by atoms with van der Waals surface area (Å²) in [7, 11) is 0. The first-order valence-corrected chi connectivity index (χ1v) is 9.67. The lowest BCUT2D eigenvalue weighted by Crippen LogP contribution is -2.20. The van der Waals surface area contributed by atoms with Gasteiger partial charge >= 0.3 is 5.97 Å². The van der Waals surface area contributed by atoms with E-state index in [-0.39, 0.29) is 11.9 Å². The maximum absolute atomic E-state index is 12.6. The molecule has 3 aromatic carbocycles. The van der Waals surface area contributed by atoms with E-state index < -0.39 is 0 Å². The van der Waals surface area contributed by atoms with Crippen molar-refractivity contribution in [2.24, 2.45) is 5.92 Å². The fourth-order valence-electron chi connectivity index (χ4n) is 3.26. The number of rotatable bonds is 8. The van der Waals surface area contributed by atoms with Crippen LogP contribution in [0.15, 0.2) is 84.9 Å². The van der Waals surface area contributed by atoms with Crippen LogP contribution in [0.2, 0.25) is 0 Å². The minimum absolute atomic E-state index is 0.0610. The Morgan fingerprint density at radius 3 is 2.22 bits per heavy atom. The summed E-state index contributed by atoms with van der Waals surface area (Å²) in [5, 5.41) is 0. The molecular formula is C25H26O2. The molecule has 138 valence electrons. The van der Waals surface area contributed by atoms with E-state index in [0.717, 1.165) is 36.8 Å². The Kier molecular flexibility index (Phi) is 6.81. The maximum atomic E-state index is 12.6. The van der Waals surface area contributed by atoms with Gasteiger partial charge in [-0.25, -0.2) is 0 Å². The molecule has 0 N–H and O–H groups in total. The van der Waals surface area contributed by atoms with E-state index in [2.05, 4.69) is 43.3 Å². The van der Waals surface area contributed by atoms with E-state index in [1.54, 1.807) is 0 Å². The van der Waals surface area contributed by atoms with E-state index in [0.29, 0.717) is 5.75 Å². The molecule has 0 spiro atoms. The van der Waals surface area contributed by atoms with Crippen molar-refractivity contribution in [2.45, 2.75) is 32.6 Å². The second kappa shape index (κ2) is 9.72. The zero-order valence-electron chi connectivity index (χ0n) is 15.8. The normalized spacial score (nSPS) is 11.7. The molecule has 0 radical (unpaired) electrons. The molecule has 2 heteroatoms. The number of ether oxygens (including phenoxy) is 1. The van der Waals surface area contributed by atoms with Gasteiger partial charge in [0.05, 0.1) is 5.92 Å². The van der Waals surface area contributed by atoms with Gasteiger partial charge in [0.25, 0.3) is 0 Å². The monoisotopic (exact) mass is 358 g/mol. The van der Waals surface area contributed by atoms with Gasteiger partial charge in [-0.1, -0.05) is 79.7 Å². The van der Waals surface area contributed by atoms with Crippen molar-refractivity contribution >= 4 is 5.97 Å². The van der Waals surface area contributed by atoms with Crippen LogP contribution in [0.25, 0.3) is 11.1 Å². The number of hydrogen-bond donors (Lipinski definition) is 0. The van der Waals surface area contributed by atoms with Gasteiger partial charge in [-0.2, -0.15) is 0 Å². The average Bonchev–Trinajstić information content (AvgIpc) is 2.73. The standard InChI is InChI=1S/C25H26O2/c1-2-21(16-9-13-20-11-5-3-6-12-20)25(26)27-24-18-10-17-23(19-24)22-14-7-4-8-15-22/h3-8,10-12,14-15,17-19,21H,2,9,13,16H2,1H3. The molecule has 0 heterocycles. The number of hydrogen-bond acceptors (Lipinski definition) is 2. The molecule has 0 saturated carbocycles. The van der Waals surface area contributed by atoms with Crippen molar-refractivity contribution in [1.29, 1.82) is 0 Å². The molecule has 0 bridgehead atoms. The summed E-state index contributed by atoms with van der Waals surface area (Å²) in [6.45, 7) is 2.05. The predicted molar refractivity (Wildman–Crippen MR) is 111 cm³/mol. The number of carbonyl (C=O) groups is 1. The van der Waals surface area contributed by atoms with Crippen molar-refractivity contribution in [1.82, 2.24) is 0 Å². The van der Waals surface area contributed by atoms with Crippen LogP contribution >= 0.6 is 0 Å². The van der Waals surface area contributed by atoms with Crippen LogP contribution in [0, 0.1) is 5.92 Å². The molecule has 0 aliphatic rings. The summed E-state index contributed by atoms with van der Waals surface area (Å²) in [6, 6.07) is 28.3. The molecule has 0 aliphatic heterocycles. The van der Waals surface area contributed by atoms with Crippen molar-refractivity contribution in [2.75, 3.05) is 0 Å². The molecule has 1 atom stereocenters. The molecule has 27 heavy (non-hydrogen) atoms. The lowest BCUT2D eigenvalue weighted by molar-refractivity contribution is -0.139. The van der Waals surface area contributed by atoms with E-state index >= 15 is 0 Å². The summed E-state index contributed by atoms with van der Waals surface area (Å²) in [5.41, 5.74) is 3.49. The van der Waals surface area contributed by atoms with Gasteiger partial charge in [-0.15, -0.1) is 0 Å². The third kappa shape index (κ3) is 5.55. The smallest absolute Gasteiger partial charge is 0.314 e. The second-order valence-corrected chi connectivity index (χ2v) is 6.80. The highest BCUT2D eigenvalue weighted by atomic mass is 16.5. The second-order valence-electron chi connectivity index (χ2n) is 6.80. The quantitative estimate of drug-likeness (QED) is 0.348. The Morgan fingerprint density at radius 2 is 1.52 bits per heavy atom. The van der Waals surface area contributed by atoms with Crippen LogP contribution < -0.4 is 4.74 Å². The lowest BCUT2D eigenvalue weighted by Gasteiger charge is -2.14. The lowest BCUT2D eigenvalue weighted by atomic mass is 9.97. The zero-order valence-corrected chi connectivity index (χ0v) is 15.8. The largest absolute Gasteiger partial charge is 0.426 e. The van der Waals surface area contributed by atoms with Crippen molar-refractivity contribution in [3.8, 4) is 16.9 Å². The number of aryl methyl sites for hydroxylation is 1. The molecule has 0 aromatic heterocycles. The van der Waals surface area contributed by atoms with Gasteiger partial charge in [-0.05, 0) is 54.5 Å². The van der Waals surface area contributed by atoms with Crippen molar-refractivity contribution in [3.63, 3.8) is 0 Å². The van der Waals surface area contributed by atoms with Gasteiger partial charge in [0.2, 0.25) is 0 Å². The first kappa shape index (κ1) is 18.9. The van der Waals surface area contributed by atoms with Gasteiger partial charge < -0.3 is 4.74 Å². The summed E-state index contributed by atoms with van der Waals surface area (Å²) in [4.78, 5) is 12.6. The molecule has 0 fully saturated rings. The first-order valence-electron chi connectivity index (χ1n) is 9.67. The molecule has 2 nitrogen and oxygen atoms in total. The molecule has 3 aromatic rings. The minimum atomic E-state index is -0.129. The maximum Gasteiger partial charge on any atom is 0.314 e. The zero-order chi connectivity index (χ0) is 18.9. The van der Waals surface area contributed by atoms with Crippen LogP contribution in [0.4, 0.5) is 0 Å². The molecule has 0 saturated heterocycles. The third-order valence-electron chi connectivity index (χ3n) is 4.85. The van der Waals surface area contributed by atoms with E-state index in [1.165, 1.54) is 5.56 Å². The fourth-order valence-corrected chi connectivity index (χ4v) is 3.26. The highest BCUT2D eigenvalue weighted by molar-refractivity contribution is 5.76. The highest BCUT2D eigenvalue weighted by Crippen LogP contribution is 2.25. The summed E-state index contributed by atoms with van der Waals surface area (Å²) >= 11 is 0. The van der Waals surface area contributed by atoms with E-state index in [9.17, 15) is 4.79 Å². The van der Waals surface area contributed by atoms with Gasteiger partial charge in [-0.3, -0.25) is 4.79 Å². The Morgan fingerprint density at radius 1 is 0.852 bits per heavy atom. The van der Waals surface area contributed by atoms with Crippen molar-refractivity contribution in [3.05, 3.63) is 90.5 Å². The summed E-state index contributed by atoms with van der Waals surface area (Å²) in [6.07, 6.45) is 3.63. The van der Waals surface area contributed by atoms with E-state index in [1.807, 2.05) is 48.5 Å². The fraction of sp³-hybridized carbons (Fsp3) is 0.240. The van der Waals surface area contributed by atoms with Crippen molar-refractivity contribution < 1.29 is 9.53 Å². The summed E-state index contributed by atoms with van der Waals surface area (Å²) in [5.74, 6) is 0.424. The summed E-state index contributed by atoms with van der Waals surface area (Å²) < 4.78 is 5.69. The SMILES string of the molecule is CCC(CCCc1ccccc1)C(=O)Oc1cccc(-c2ccccc2)c1. The minimum Gasteiger partial charge on any atom is -0.426 e. The van der Waals surface area contributed by atoms with Gasteiger partial charge in [0.15, 0.2) is 0 Å².